The minimum Gasteiger partial charge on any atom is -0.508 e. The Bertz CT molecular complexity index is 668. The average Bonchev–Trinajstić information content (AvgIpc) is 2.42. The zero-order chi connectivity index (χ0) is 14.7. The van der Waals surface area contributed by atoms with Crippen LogP contribution in [-0.4, -0.2) is 5.11 Å². The number of hydrogen-bond acceptors (Lipinski definition) is 3. The van der Waals surface area contributed by atoms with Gasteiger partial charge in [0.25, 0.3) is 0 Å². The molecule has 3 nitrogen and oxygen atoms in total. The van der Waals surface area contributed by atoms with E-state index in [0.29, 0.717) is 11.1 Å². The number of phenols is 1. The van der Waals surface area contributed by atoms with Gasteiger partial charge in [0.15, 0.2) is 0 Å². The Labute approximate surface area is 119 Å². The molecule has 0 aliphatic carbocycles. The lowest BCUT2D eigenvalue weighted by molar-refractivity contribution is 0.467. The molecule has 2 rings (SSSR count). The predicted octanol–water partition coefficient (Wildman–Crippen LogP) is 4.24. The van der Waals surface area contributed by atoms with Crippen molar-refractivity contribution < 1.29 is 9.52 Å². The Morgan fingerprint density at radius 2 is 1.85 bits per heavy atom. The van der Waals surface area contributed by atoms with Gasteiger partial charge in [-0.2, -0.15) is 0 Å². The summed E-state index contributed by atoms with van der Waals surface area (Å²) in [5.74, 6) is 0.163. The Morgan fingerprint density at radius 1 is 1.10 bits per heavy atom. The zero-order valence-electron chi connectivity index (χ0n) is 12.5. The number of phenolic OH excluding ortho intramolecular Hbond substituents is 1. The molecule has 0 fully saturated rings. The summed E-state index contributed by atoms with van der Waals surface area (Å²) in [4.78, 5) is 12.1. The third-order valence-corrected chi connectivity index (χ3v) is 3.96. The van der Waals surface area contributed by atoms with Crippen LogP contribution in [0.3, 0.4) is 0 Å². The fourth-order valence-electron chi connectivity index (χ4n) is 2.60. The van der Waals surface area contributed by atoms with Crippen LogP contribution in [0.1, 0.15) is 49.3 Å². The second kappa shape index (κ2) is 6.12. The molecule has 1 aromatic heterocycles. The van der Waals surface area contributed by atoms with Crippen LogP contribution in [-0.2, 0) is 6.42 Å². The van der Waals surface area contributed by atoms with Gasteiger partial charge in [0.2, 0.25) is 0 Å². The number of aromatic hydroxyl groups is 1. The molecule has 0 unspecified atom stereocenters. The normalized spacial score (nSPS) is 11.2. The van der Waals surface area contributed by atoms with Gasteiger partial charge >= 0.3 is 5.63 Å². The summed E-state index contributed by atoms with van der Waals surface area (Å²) >= 11 is 0. The van der Waals surface area contributed by atoms with E-state index in [2.05, 4.69) is 6.92 Å². The molecule has 1 heterocycles. The first-order chi connectivity index (χ1) is 9.56. The van der Waals surface area contributed by atoms with Crippen LogP contribution in [0.15, 0.2) is 21.3 Å². The first-order valence-electron chi connectivity index (χ1n) is 7.31. The number of fused-ring (bicyclic) bond motifs is 1. The van der Waals surface area contributed by atoms with Crippen molar-refractivity contribution in [1.29, 1.82) is 0 Å². The van der Waals surface area contributed by atoms with Crippen molar-refractivity contribution in [3.8, 4) is 5.75 Å². The second-order valence-electron chi connectivity index (χ2n) is 5.39. The minimum atomic E-state index is -0.264. The smallest absolute Gasteiger partial charge is 0.339 e. The van der Waals surface area contributed by atoms with Crippen molar-refractivity contribution in [2.45, 2.75) is 52.9 Å². The van der Waals surface area contributed by atoms with Crippen molar-refractivity contribution in [2.75, 3.05) is 0 Å². The number of hydrogen-bond donors (Lipinski definition) is 1. The summed E-state index contributed by atoms with van der Waals surface area (Å²) in [6.45, 7) is 5.90. The summed E-state index contributed by atoms with van der Waals surface area (Å²) in [7, 11) is 0. The van der Waals surface area contributed by atoms with Crippen molar-refractivity contribution in [1.82, 2.24) is 0 Å². The largest absolute Gasteiger partial charge is 0.508 e. The van der Waals surface area contributed by atoms with Crippen LogP contribution >= 0.6 is 0 Å². The van der Waals surface area contributed by atoms with E-state index < -0.39 is 0 Å². The van der Waals surface area contributed by atoms with Crippen molar-refractivity contribution in [2.24, 2.45) is 0 Å². The van der Waals surface area contributed by atoms with Gasteiger partial charge in [0, 0.05) is 16.5 Å². The molecule has 0 radical (unpaired) electrons. The highest BCUT2D eigenvalue weighted by atomic mass is 16.4. The van der Waals surface area contributed by atoms with Crippen molar-refractivity contribution in [3.05, 3.63) is 39.2 Å². The summed E-state index contributed by atoms with van der Waals surface area (Å²) in [5, 5.41) is 10.6. The molecule has 0 saturated carbocycles. The Hall–Kier alpha value is -1.77. The van der Waals surface area contributed by atoms with E-state index in [4.69, 9.17) is 4.42 Å². The van der Waals surface area contributed by atoms with Crippen LogP contribution in [0, 0.1) is 13.8 Å². The first-order valence-corrected chi connectivity index (χ1v) is 7.31. The van der Waals surface area contributed by atoms with E-state index in [9.17, 15) is 9.90 Å². The van der Waals surface area contributed by atoms with Crippen LogP contribution < -0.4 is 5.63 Å². The highest BCUT2D eigenvalue weighted by Gasteiger charge is 2.13. The number of rotatable bonds is 5. The average molecular weight is 274 g/mol. The quantitative estimate of drug-likeness (QED) is 0.655. The van der Waals surface area contributed by atoms with Crippen LogP contribution in [0.25, 0.3) is 11.0 Å². The second-order valence-corrected chi connectivity index (χ2v) is 5.39. The Morgan fingerprint density at radius 3 is 2.55 bits per heavy atom. The SMILES string of the molecule is CCCCCCc1c(C)c2ccc(O)c(C)c2oc1=O. The molecule has 0 bridgehead atoms. The van der Waals surface area contributed by atoms with Crippen LogP contribution in [0.5, 0.6) is 5.75 Å². The molecule has 0 aliphatic heterocycles. The monoisotopic (exact) mass is 274 g/mol. The highest BCUT2D eigenvalue weighted by Crippen LogP contribution is 2.28. The Kier molecular flexibility index (Phi) is 4.48. The van der Waals surface area contributed by atoms with E-state index in [1.807, 2.05) is 13.0 Å². The van der Waals surface area contributed by atoms with Crippen LogP contribution in [0.4, 0.5) is 0 Å². The summed E-state index contributed by atoms with van der Waals surface area (Å²) in [6.07, 6.45) is 5.31. The number of aryl methyl sites for hydroxylation is 2. The first kappa shape index (κ1) is 14.6. The molecule has 1 aromatic carbocycles. The van der Waals surface area contributed by atoms with E-state index >= 15 is 0 Å². The maximum atomic E-state index is 12.1. The highest BCUT2D eigenvalue weighted by molar-refractivity contribution is 5.85. The third kappa shape index (κ3) is 2.72. The van der Waals surface area contributed by atoms with E-state index in [1.54, 1.807) is 13.0 Å². The topological polar surface area (TPSA) is 50.4 Å². The van der Waals surface area contributed by atoms with E-state index in [-0.39, 0.29) is 11.4 Å². The molecule has 0 atom stereocenters. The summed E-state index contributed by atoms with van der Waals surface area (Å²) in [5.41, 5.74) is 2.62. The van der Waals surface area contributed by atoms with Gasteiger partial charge in [0.05, 0.1) is 0 Å². The lowest BCUT2D eigenvalue weighted by Crippen LogP contribution is -2.10. The molecule has 0 spiro atoms. The maximum Gasteiger partial charge on any atom is 0.339 e. The molecule has 0 saturated heterocycles. The fraction of sp³-hybridized carbons (Fsp3) is 0.471. The molecule has 0 aliphatic rings. The molecule has 3 heteroatoms. The summed E-state index contributed by atoms with van der Waals surface area (Å²) in [6, 6.07) is 3.48. The fourth-order valence-corrected chi connectivity index (χ4v) is 2.60. The van der Waals surface area contributed by atoms with Gasteiger partial charge in [-0.15, -0.1) is 0 Å². The molecular formula is C17H22O3. The van der Waals surface area contributed by atoms with Crippen LogP contribution in [0.2, 0.25) is 0 Å². The molecule has 20 heavy (non-hydrogen) atoms. The van der Waals surface area contributed by atoms with Crippen molar-refractivity contribution >= 4 is 11.0 Å². The van der Waals surface area contributed by atoms with Gasteiger partial charge in [0.1, 0.15) is 11.3 Å². The number of benzene rings is 1. The molecule has 108 valence electrons. The lowest BCUT2D eigenvalue weighted by atomic mass is 9.99. The lowest BCUT2D eigenvalue weighted by Gasteiger charge is -2.10. The molecule has 0 amide bonds. The van der Waals surface area contributed by atoms with Gasteiger partial charge in [-0.25, -0.2) is 4.79 Å². The van der Waals surface area contributed by atoms with Crippen molar-refractivity contribution in [3.63, 3.8) is 0 Å². The molecular weight excluding hydrogens is 252 g/mol. The number of unbranched alkanes of at least 4 members (excludes halogenated alkanes) is 3. The molecule has 2 aromatic rings. The standard InChI is InChI=1S/C17H22O3/c1-4-5-6-7-8-14-11(2)13-9-10-15(18)12(3)16(13)20-17(14)19/h9-10,18H,4-8H2,1-3H3. The zero-order valence-corrected chi connectivity index (χ0v) is 12.5. The van der Waals surface area contributed by atoms with Gasteiger partial charge in [-0.05, 0) is 44.4 Å². The van der Waals surface area contributed by atoms with Gasteiger partial charge < -0.3 is 9.52 Å². The van der Waals surface area contributed by atoms with E-state index in [0.717, 1.165) is 35.8 Å². The van der Waals surface area contributed by atoms with Gasteiger partial charge in [-0.3, -0.25) is 0 Å². The predicted molar refractivity (Wildman–Crippen MR) is 81.5 cm³/mol. The van der Waals surface area contributed by atoms with Gasteiger partial charge in [-0.1, -0.05) is 26.2 Å². The minimum absolute atomic E-state index is 0.163. The maximum absolute atomic E-state index is 12.1. The molecule has 1 N–H and O–H groups in total. The summed E-state index contributed by atoms with van der Waals surface area (Å²) < 4.78 is 5.43. The van der Waals surface area contributed by atoms with E-state index in [1.165, 1.54) is 12.8 Å². The third-order valence-electron chi connectivity index (χ3n) is 3.96. The Balaban J connectivity index is 2.42.